The van der Waals surface area contributed by atoms with Gasteiger partial charge in [-0.3, -0.25) is 9.69 Å². The Kier molecular flexibility index (Phi) is 5.93. The summed E-state index contributed by atoms with van der Waals surface area (Å²) in [7, 11) is 1.54. The summed E-state index contributed by atoms with van der Waals surface area (Å²) in [5, 5.41) is 12.7. The fourth-order valence-electron chi connectivity index (χ4n) is 2.99. The van der Waals surface area contributed by atoms with Crippen molar-refractivity contribution in [3.8, 4) is 5.75 Å². The minimum absolute atomic E-state index is 0.0593. The summed E-state index contributed by atoms with van der Waals surface area (Å²) in [6.07, 6.45) is -1.23. The third-order valence-corrected chi connectivity index (χ3v) is 4.36. The molecule has 2 atom stereocenters. The number of hydrogen-bond donors (Lipinski definition) is 2. The van der Waals surface area contributed by atoms with Crippen molar-refractivity contribution in [3.63, 3.8) is 0 Å². The van der Waals surface area contributed by atoms with Crippen LogP contribution in [0.15, 0.2) is 54.6 Å². The topological polar surface area (TPSA) is 88.1 Å². The van der Waals surface area contributed by atoms with Gasteiger partial charge in [-0.2, -0.15) is 0 Å². The Bertz CT molecular complexity index is 796. The Labute approximate surface area is 157 Å². The van der Waals surface area contributed by atoms with Gasteiger partial charge < -0.3 is 19.9 Å². The minimum Gasteiger partial charge on any atom is -0.497 e. The molecule has 1 fully saturated rings. The van der Waals surface area contributed by atoms with Gasteiger partial charge in [-0.25, -0.2) is 4.79 Å². The van der Waals surface area contributed by atoms with Crippen LogP contribution in [0.1, 0.15) is 12.0 Å². The molecule has 1 heterocycles. The molecule has 0 bridgehead atoms. The van der Waals surface area contributed by atoms with Crippen molar-refractivity contribution in [3.05, 3.63) is 60.2 Å². The fourth-order valence-corrected chi connectivity index (χ4v) is 2.99. The molecule has 3 rings (SSSR count). The third-order valence-electron chi connectivity index (χ3n) is 4.36. The molecule has 1 saturated heterocycles. The summed E-state index contributed by atoms with van der Waals surface area (Å²) in [6.45, 7) is 0.167. The van der Waals surface area contributed by atoms with Crippen LogP contribution in [0.4, 0.5) is 10.5 Å². The number of amides is 2. The van der Waals surface area contributed by atoms with Crippen LogP contribution in [0, 0.1) is 0 Å². The highest BCUT2D eigenvalue weighted by Gasteiger charge is 2.39. The van der Waals surface area contributed by atoms with Gasteiger partial charge >= 0.3 is 6.09 Å². The van der Waals surface area contributed by atoms with Crippen LogP contribution in [0.2, 0.25) is 0 Å². The standard InChI is InChI=1S/C20H22N2O5/c1-26-17-9-5-8-15(10-17)21-19(24)18-11-16(23)12-22(18)20(25)27-13-14-6-3-2-4-7-14/h2-10,16,18,23H,11-13H2,1H3,(H,21,24)/t16-,18+/m0/s1. The molecule has 27 heavy (non-hydrogen) atoms. The average Bonchev–Trinajstić information content (AvgIpc) is 3.09. The van der Waals surface area contributed by atoms with Gasteiger partial charge in [0.1, 0.15) is 18.4 Å². The van der Waals surface area contributed by atoms with E-state index in [2.05, 4.69) is 5.32 Å². The number of nitrogens with zero attached hydrogens (tertiary/aromatic N) is 1. The third kappa shape index (κ3) is 4.77. The van der Waals surface area contributed by atoms with Crippen molar-refractivity contribution in [1.82, 2.24) is 4.90 Å². The van der Waals surface area contributed by atoms with E-state index < -0.39 is 18.2 Å². The van der Waals surface area contributed by atoms with Gasteiger partial charge in [-0.1, -0.05) is 36.4 Å². The van der Waals surface area contributed by atoms with Crippen molar-refractivity contribution in [1.29, 1.82) is 0 Å². The number of aliphatic hydroxyl groups excluding tert-OH is 1. The lowest BCUT2D eigenvalue weighted by Crippen LogP contribution is -2.43. The van der Waals surface area contributed by atoms with Crippen LogP contribution in [0.25, 0.3) is 0 Å². The van der Waals surface area contributed by atoms with E-state index in [4.69, 9.17) is 9.47 Å². The van der Waals surface area contributed by atoms with Crippen LogP contribution < -0.4 is 10.1 Å². The average molecular weight is 370 g/mol. The summed E-state index contributed by atoms with van der Waals surface area (Å²) in [6, 6.07) is 15.4. The number of ether oxygens (including phenoxy) is 2. The lowest BCUT2D eigenvalue weighted by atomic mass is 10.2. The van der Waals surface area contributed by atoms with Crippen molar-refractivity contribution in [2.24, 2.45) is 0 Å². The lowest BCUT2D eigenvalue weighted by molar-refractivity contribution is -0.120. The highest BCUT2D eigenvalue weighted by Crippen LogP contribution is 2.23. The number of carbonyl (C=O) groups excluding carboxylic acids is 2. The number of benzene rings is 2. The van der Waals surface area contributed by atoms with Crippen LogP contribution >= 0.6 is 0 Å². The maximum atomic E-state index is 12.6. The zero-order valence-corrected chi connectivity index (χ0v) is 15.0. The highest BCUT2D eigenvalue weighted by atomic mass is 16.6. The zero-order chi connectivity index (χ0) is 19.2. The molecule has 2 N–H and O–H groups in total. The van der Waals surface area contributed by atoms with Gasteiger partial charge in [-0.15, -0.1) is 0 Å². The summed E-state index contributed by atoms with van der Waals surface area (Å²) in [5.41, 5.74) is 1.40. The first-order chi connectivity index (χ1) is 13.1. The number of carbonyl (C=O) groups is 2. The van der Waals surface area contributed by atoms with Gasteiger partial charge in [0.05, 0.1) is 19.8 Å². The minimum atomic E-state index is -0.797. The van der Waals surface area contributed by atoms with E-state index in [9.17, 15) is 14.7 Å². The van der Waals surface area contributed by atoms with E-state index in [1.807, 2.05) is 30.3 Å². The van der Waals surface area contributed by atoms with E-state index in [0.29, 0.717) is 11.4 Å². The number of β-amino-alcohol motifs (C(OH)–C–C–N with tert-alkyl or cyclic N) is 1. The van der Waals surface area contributed by atoms with E-state index in [-0.39, 0.29) is 25.5 Å². The summed E-state index contributed by atoms with van der Waals surface area (Å²) < 4.78 is 10.4. The number of hydrogen-bond acceptors (Lipinski definition) is 5. The molecule has 0 radical (unpaired) electrons. The van der Waals surface area contributed by atoms with Gasteiger partial charge in [0.25, 0.3) is 0 Å². The number of likely N-dealkylation sites (tertiary alicyclic amines) is 1. The van der Waals surface area contributed by atoms with Crippen LogP contribution in [0.3, 0.4) is 0 Å². The number of methoxy groups -OCH3 is 1. The Hall–Kier alpha value is -3.06. The predicted octanol–water partition coefficient (Wildman–Crippen LogP) is 2.41. The highest BCUT2D eigenvalue weighted by molar-refractivity contribution is 5.97. The van der Waals surface area contributed by atoms with Crippen LogP contribution in [-0.4, -0.2) is 47.8 Å². The molecule has 0 spiro atoms. The summed E-state index contributed by atoms with van der Waals surface area (Å²) >= 11 is 0. The molecular weight excluding hydrogens is 348 g/mol. The number of nitrogens with one attached hydrogen (secondary N) is 1. The van der Waals surface area contributed by atoms with E-state index in [1.165, 1.54) is 4.90 Å². The SMILES string of the molecule is COc1cccc(NC(=O)[C@H]2C[C@H](O)CN2C(=O)OCc2ccccc2)c1. The Morgan fingerprint density at radius 1 is 1.19 bits per heavy atom. The maximum Gasteiger partial charge on any atom is 0.410 e. The molecule has 1 aliphatic rings. The second-order valence-corrected chi connectivity index (χ2v) is 6.32. The second-order valence-electron chi connectivity index (χ2n) is 6.32. The quantitative estimate of drug-likeness (QED) is 0.844. The van der Waals surface area contributed by atoms with Crippen LogP contribution in [0.5, 0.6) is 5.75 Å². The molecule has 0 aromatic heterocycles. The fraction of sp³-hybridized carbons (Fsp3) is 0.300. The van der Waals surface area contributed by atoms with E-state index in [1.54, 1.807) is 31.4 Å². The maximum absolute atomic E-state index is 12.6. The zero-order valence-electron chi connectivity index (χ0n) is 15.0. The predicted molar refractivity (Wildman–Crippen MR) is 99.4 cm³/mol. The smallest absolute Gasteiger partial charge is 0.410 e. The van der Waals surface area contributed by atoms with Gasteiger partial charge in [0.15, 0.2) is 0 Å². The number of rotatable bonds is 5. The van der Waals surface area contributed by atoms with Crippen molar-refractivity contribution >= 4 is 17.7 Å². The lowest BCUT2D eigenvalue weighted by Gasteiger charge is -2.23. The van der Waals surface area contributed by atoms with Gasteiger partial charge in [-0.05, 0) is 17.7 Å². The van der Waals surface area contributed by atoms with Crippen LogP contribution in [-0.2, 0) is 16.1 Å². The second kappa shape index (κ2) is 8.55. The van der Waals surface area contributed by atoms with E-state index >= 15 is 0 Å². The normalized spacial score (nSPS) is 18.8. The first kappa shape index (κ1) is 18.7. The van der Waals surface area contributed by atoms with E-state index in [0.717, 1.165) is 5.56 Å². The Balaban J connectivity index is 1.63. The number of aliphatic hydroxyl groups is 1. The number of anilines is 1. The Morgan fingerprint density at radius 2 is 1.96 bits per heavy atom. The molecule has 142 valence electrons. The molecule has 7 nitrogen and oxygen atoms in total. The summed E-state index contributed by atoms with van der Waals surface area (Å²) in [5.74, 6) is 0.231. The first-order valence-electron chi connectivity index (χ1n) is 8.67. The van der Waals surface area contributed by atoms with Crippen molar-refractivity contribution < 1.29 is 24.2 Å². The molecule has 0 unspecified atom stereocenters. The first-order valence-corrected chi connectivity index (χ1v) is 8.67. The molecule has 2 amide bonds. The molecule has 2 aromatic carbocycles. The van der Waals surface area contributed by atoms with Crippen molar-refractivity contribution in [2.45, 2.75) is 25.2 Å². The Morgan fingerprint density at radius 3 is 2.70 bits per heavy atom. The largest absolute Gasteiger partial charge is 0.497 e. The van der Waals surface area contributed by atoms with Crippen molar-refractivity contribution in [2.75, 3.05) is 19.0 Å². The van der Waals surface area contributed by atoms with Gasteiger partial charge in [0, 0.05) is 18.2 Å². The molecular formula is C20H22N2O5. The molecule has 0 saturated carbocycles. The molecule has 0 aliphatic carbocycles. The molecule has 7 heteroatoms. The molecule has 2 aromatic rings. The molecule has 1 aliphatic heterocycles. The monoisotopic (exact) mass is 370 g/mol. The summed E-state index contributed by atoms with van der Waals surface area (Å²) in [4.78, 5) is 26.3. The van der Waals surface area contributed by atoms with Gasteiger partial charge in [0.2, 0.25) is 5.91 Å².